The molecule has 2 aromatic carbocycles. The summed E-state index contributed by atoms with van der Waals surface area (Å²) in [6, 6.07) is 19.5. The molecule has 0 atom stereocenters. The lowest BCUT2D eigenvalue weighted by Crippen LogP contribution is -1.96. The Morgan fingerprint density at radius 2 is 1.86 bits per heavy atom. The molecule has 0 aliphatic carbocycles. The van der Waals surface area contributed by atoms with Crippen LogP contribution in [0.1, 0.15) is 5.56 Å². The first kappa shape index (κ1) is 17.6. The van der Waals surface area contributed by atoms with Gasteiger partial charge in [0.1, 0.15) is 18.1 Å². The highest BCUT2D eigenvalue weighted by molar-refractivity contribution is 5.66. The summed E-state index contributed by atoms with van der Waals surface area (Å²) in [7, 11) is 1.63. The van der Waals surface area contributed by atoms with Crippen LogP contribution in [0.4, 0.5) is 11.7 Å². The van der Waals surface area contributed by atoms with E-state index in [1.165, 1.54) is 0 Å². The Morgan fingerprint density at radius 3 is 2.71 bits per heavy atom. The molecule has 0 fully saturated rings. The molecule has 0 bridgehead atoms. The monoisotopic (exact) mass is 373 g/mol. The molecule has 6 heteroatoms. The molecule has 0 spiro atoms. The largest absolute Gasteiger partial charge is 0.497 e. The van der Waals surface area contributed by atoms with Gasteiger partial charge in [-0.2, -0.15) is 0 Å². The van der Waals surface area contributed by atoms with Crippen molar-refractivity contribution in [2.24, 2.45) is 0 Å². The van der Waals surface area contributed by atoms with E-state index in [0.717, 1.165) is 28.3 Å². The summed E-state index contributed by atoms with van der Waals surface area (Å²) in [4.78, 5) is 8.34. The number of oxazole rings is 1. The van der Waals surface area contributed by atoms with Gasteiger partial charge < -0.3 is 19.2 Å². The van der Waals surface area contributed by atoms with Gasteiger partial charge in [-0.15, -0.1) is 0 Å². The summed E-state index contributed by atoms with van der Waals surface area (Å²) in [6.45, 7) is 0.447. The maximum Gasteiger partial charge on any atom is 0.299 e. The molecule has 4 rings (SSSR count). The van der Waals surface area contributed by atoms with Gasteiger partial charge in [0.05, 0.1) is 18.9 Å². The highest BCUT2D eigenvalue weighted by atomic mass is 16.5. The molecule has 28 heavy (non-hydrogen) atoms. The highest BCUT2D eigenvalue weighted by Crippen LogP contribution is 2.32. The Morgan fingerprint density at radius 1 is 1.00 bits per heavy atom. The minimum Gasteiger partial charge on any atom is -0.497 e. The van der Waals surface area contributed by atoms with Crippen LogP contribution in [0.3, 0.4) is 0 Å². The lowest BCUT2D eigenvalue weighted by atomic mass is 10.1. The summed E-state index contributed by atoms with van der Waals surface area (Å²) in [5.41, 5.74) is 2.71. The van der Waals surface area contributed by atoms with Gasteiger partial charge in [0.2, 0.25) is 0 Å². The average molecular weight is 373 g/mol. The van der Waals surface area contributed by atoms with Crippen LogP contribution in [0.2, 0.25) is 0 Å². The van der Waals surface area contributed by atoms with Gasteiger partial charge in [0.15, 0.2) is 5.76 Å². The highest BCUT2D eigenvalue weighted by Gasteiger charge is 2.12. The van der Waals surface area contributed by atoms with E-state index in [2.05, 4.69) is 15.3 Å². The second-order valence-corrected chi connectivity index (χ2v) is 6.03. The fourth-order valence-corrected chi connectivity index (χ4v) is 2.72. The van der Waals surface area contributed by atoms with Crippen molar-refractivity contribution in [2.75, 3.05) is 12.4 Å². The number of methoxy groups -OCH3 is 1. The van der Waals surface area contributed by atoms with E-state index in [4.69, 9.17) is 13.9 Å². The third kappa shape index (κ3) is 4.12. The maximum atomic E-state index is 5.98. The lowest BCUT2D eigenvalue weighted by Gasteiger charge is -2.09. The molecule has 6 nitrogen and oxygen atoms in total. The number of para-hydroxylation sites is 1. The van der Waals surface area contributed by atoms with Crippen molar-refractivity contribution < 1.29 is 13.9 Å². The normalized spacial score (nSPS) is 10.5. The molecule has 140 valence electrons. The zero-order chi connectivity index (χ0) is 19.2. The predicted molar refractivity (Wildman–Crippen MR) is 107 cm³/mol. The van der Waals surface area contributed by atoms with Crippen molar-refractivity contribution in [1.29, 1.82) is 0 Å². The summed E-state index contributed by atoms with van der Waals surface area (Å²) in [5.74, 6) is 2.10. The van der Waals surface area contributed by atoms with E-state index in [-0.39, 0.29) is 0 Å². The fourth-order valence-electron chi connectivity index (χ4n) is 2.72. The van der Waals surface area contributed by atoms with Gasteiger partial charge in [-0.3, -0.25) is 4.98 Å². The summed E-state index contributed by atoms with van der Waals surface area (Å²) in [6.07, 6.45) is 5.17. The number of aromatic nitrogens is 2. The molecule has 1 N–H and O–H groups in total. The molecular formula is C22H19N3O3. The van der Waals surface area contributed by atoms with Gasteiger partial charge in [-0.25, -0.2) is 4.98 Å². The number of nitrogens with zero attached hydrogens (tertiary/aromatic N) is 2. The molecular weight excluding hydrogens is 354 g/mol. The Labute approximate surface area is 162 Å². The van der Waals surface area contributed by atoms with Crippen LogP contribution < -0.4 is 14.8 Å². The Kier molecular flexibility index (Phi) is 5.20. The van der Waals surface area contributed by atoms with Crippen LogP contribution in [-0.4, -0.2) is 17.1 Å². The second-order valence-electron chi connectivity index (χ2n) is 6.03. The zero-order valence-corrected chi connectivity index (χ0v) is 15.3. The van der Waals surface area contributed by atoms with Gasteiger partial charge in [-0.05, 0) is 42.0 Å². The third-order valence-corrected chi connectivity index (χ3v) is 4.12. The van der Waals surface area contributed by atoms with Crippen LogP contribution in [0.25, 0.3) is 11.3 Å². The number of ether oxygens (including phenoxy) is 2. The molecule has 0 unspecified atom stereocenters. The topological polar surface area (TPSA) is 69.4 Å². The SMILES string of the molecule is COc1cccc(Nc2ncc(-c3ccccc3OCc3ccncc3)o2)c1. The molecule has 2 aromatic heterocycles. The number of hydrogen-bond acceptors (Lipinski definition) is 6. The average Bonchev–Trinajstić information content (AvgIpc) is 3.21. The maximum absolute atomic E-state index is 5.98. The van der Waals surface area contributed by atoms with Gasteiger partial charge >= 0.3 is 0 Å². The van der Waals surface area contributed by atoms with Crippen LogP contribution in [-0.2, 0) is 6.61 Å². The molecule has 0 aliphatic rings. The van der Waals surface area contributed by atoms with Crippen molar-refractivity contribution in [3.05, 3.63) is 84.8 Å². The molecule has 2 heterocycles. The second kappa shape index (κ2) is 8.26. The minimum atomic E-state index is 0.396. The van der Waals surface area contributed by atoms with Crippen molar-refractivity contribution in [3.63, 3.8) is 0 Å². The Hall–Kier alpha value is -3.80. The quantitative estimate of drug-likeness (QED) is 0.488. The first-order chi connectivity index (χ1) is 13.8. The number of nitrogens with one attached hydrogen (secondary N) is 1. The van der Waals surface area contributed by atoms with Crippen molar-refractivity contribution in [3.8, 4) is 22.8 Å². The van der Waals surface area contributed by atoms with Crippen LogP contribution >= 0.6 is 0 Å². The number of anilines is 2. The lowest BCUT2D eigenvalue weighted by molar-refractivity contribution is 0.306. The number of rotatable bonds is 7. The van der Waals surface area contributed by atoms with E-state index >= 15 is 0 Å². The third-order valence-electron chi connectivity index (χ3n) is 4.12. The van der Waals surface area contributed by atoms with E-state index in [0.29, 0.717) is 18.4 Å². The zero-order valence-electron chi connectivity index (χ0n) is 15.3. The van der Waals surface area contributed by atoms with Crippen molar-refractivity contribution in [2.45, 2.75) is 6.61 Å². The summed E-state index contributed by atoms with van der Waals surface area (Å²) in [5, 5.41) is 3.14. The Bertz CT molecular complexity index is 1050. The van der Waals surface area contributed by atoms with Gasteiger partial charge in [0, 0.05) is 24.1 Å². The first-order valence-corrected chi connectivity index (χ1v) is 8.80. The van der Waals surface area contributed by atoms with Gasteiger partial charge in [0.25, 0.3) is 6.01 Å². The number of pyridine rings is 1. The summed E-state index contributed by atoms with van der Waals surface area (Å²) < 4.78 is 17.1. The van der Waals surface area contributed by atoms with E-state index in [1.807, 2.05) is 60.7 Å². The van der Waals surface area contributed by atoms with E-state index in [1.54, 1.807) is 25.7 Å². The van der Waals surface area contributed by atoms with E-state index < -0.39 is 0 Å². The van der Waals surface area contributed by atoms with E-state index in [9.17, 15) is 0 Å². The molecule has 0 amide bonds. The van der Waals surface area contributed by atoms with Gasteiger partial charge in [-0.1, -0.05) is 18.2 Å². The fraction of sp³-hybridized carbons (Fsp3) is 0.0909. The molecule has 4 aromatic rings. The molecule has 0 saturated heterocycles. The summed E-state index contributed by atoms with van der Waals surface area (Å²) >= 11 is 0. The van der Waals surface area contributed by atoms with Crippen molar-refractivity contribution in [1.82, 2.24) is 9.97 Å². The molecule has 0 aliphatic heterocycles. The minimum absolute atomic E-state index is 0.396. The standard InChI is InChI=1S/C22H19N3O3/c1-26-18-6-4-5-17(13-18)25-22-24-14-21(28-22)19-7-2-3-8-20(19)27-15-16-9-11-23-12-10-16/h2-14H,15H2,1H3,(H,24,25). The van der Waals surface area contributed by atoms with Crippen molar-refractivity contribution >= 4 is 11.7 Å². The Balaban J connectivity index is 1.52. The van der Waals surface area contributed by atoms with Crippen LogP contribution in [0, 0.1) is 0 Å². The first-order valence-electron chi connectivity index (χ1n) is 8.80. The predicted octanol–water partition coefficient (Wildman–Crippen LogP) is 5.07. The number of benzene rings is 2. The van der Waals surface area contributed by atoms with Crippen LogP contribution in [0.5, 0.6) is 11.5 Å². The van der Waals surface area contributed by atoms with Crippen LogP contribution in [0.15, 0.2) is 83.7 Å². The molecule has 0 radical (unpaired) electrons. The smallest absolute Gasteiger partial charge is 0.299 e. The number of hydrogen-bond donors (Lipinski definition) is 1. The molecule has 0 saturated carbocycles.